The molecule has 136 valence electrons. The Morgan fingerprint density at radius 1 is 1.46 bits per heavy atom. The number of hydrogen-bond donors (Lipinski definition) is 1. The number of pyridine rings is 1. The molecule has 0 spiro atoms. The molecule has 1 N–H and O–H groups in total. The van der Waals surface area contributed by atoms with E-state index in [1.165, 1.54) is 11.3 Å². The second-order valence-corrected chi connectivity index (χ2v) is 7.21. The van der Waals surface area contributed by atoms with Crippen LogP contribution in [0.25, 0.3) is 0 Å². The summed E-state index contributed by atoms with van der Waals surface area (Å²) in [5.41, 5.74) is 4.37. The number of ether oxygens (including phenoxy) is 1. The molecule has 0 saturated carbocycles. The van der Waals surface area contributed by atoms with E-state index in [0.717, 1.165) is 11.3 Å². The molecule has 2 aliphatic heterocycles. The Balaban J connectivity index is 1.52. The Morgan fingerprint density at radius 3 is 3.08 bits per heavy atom. The zero-order chi connectivity index (χ0) is 18.3. The van der Waals surface area contributed by atoms with Crippen LogP contribution in [0, 0.1) is 5.92 Å². The van der Waals surface area contributed by atoms with E-state index in [2.05, 4.69) is 20.5 Å². The van der Waals surface area contributed by atoms with E-state index in [4.69, 9.17) is 4.74 Å². The van der Waals surface area contributed by atoms with E-state index in [-0.39, 0.29) is 11.8 Å². The van der Waals surface area contributed by atoms with Crippen molar-refractivity contribution in [3.05, 3.63) is 40.1 Å². The van der Waals surface area contributed by atoms with Gasteiger partial charge in [0.2, 0.25) is 12.1 Å². The molecule has 2 aromatic heterocycles. The van der Waals surface area contributed by atoms with Gasteiger partial charge >= 0.3 is 6.43 Å². The molecule has 0 bridgehead atoms. The molecule has 0 radical (unpaired) electrons. The minimum Gasteiger partial charge on any atom is -0.445 e. The highest BCUT2D eigenvalue weighted by molar-refractivity contribution is 7.11. The number of nitrogens with one attached hydrogen (secondary N) is 1. The third-order valence-corrected chi connectivity index (χ3v) is 5.26. The van der Waals surface area contributed by atoms with E-state index in [1.54, 1.807) is 23.5 Å². The van der Waals surface area contributed by atoms with Gasteiger partial charge in [0, 0.05) is 18.3 Å². The van der Waals surface area contributed by atoms with Gasteiger partial charge in [-0.05, 0) is 18.1 Å². The average molecular weight is 379 g/mol. The van der Waals surface area contributed by atoms with Crippen molar-refractivity contribution in [2.24, 2.45) is 11.0 Å². The lowest BCUT2D eigenvalue weighted by Crippen LogP contribution is -2.39. The van der Waals surface area contributed by atoms with Gasteiger partial charge in [0.1, 0.15) is 5.01 Å². The molecule has 26 heavy (non-hydrogen) atoms. The van der Waals surface area contributed by atoms with Gasteiger partial charge in [-0.15, -0.1) is 16.4 Å². The number of carbonyl (C=O) groups excluding carboxylic acids is 1. The highest BCUT2D eigenvalue weighted by Gasteiger charge is 2.32. The third-order valence-electron chi connectivity index (χ3n) is 4.23. The summed E-state index contributed by atoms with van der Waals surface area (Å²) < 4.78 is 30.3. The number of hydrazone groups is 1. The molecule has 2 atom stereocenters. The molecule has 10 heteroatoms. The van der Waals surface area contributed by atoms with Gasteiger partial charge in [0.15, 0.2) is 0 Å². The Bertz CT molecular complexity index is 872. The number of thiazole rings is 1. The molecule has 2 unspecified atom stereocenters. The summed E-state index contributed by atoms with van der Waals surface area (Å²) in [6, 6.07) is 1.91. The minimum absolute atomic E-state index is 0.0146. The number of anilines is 1. The summed E-state index contributed by atoms with van der Waals surface area (Å²) in [4.78, 5) is 23.3. The van der Waals surface area contributed by atoms with Crippen LogP contribution < -0.4 is 10.3 Å². The fraction of sp³-hybridized carbons (Fsp3) is 0.375. The molecule has 4 heterocycles. The first kappa shape index (κ1) is 16.8. The van der Waals surface area contributed by atoms with Crippen molar-refractivity contribution in [2.75, 3.05) is 4.90 Å². The first-order valence-corrected chi connectivity index (χ1v) is 8.81. The predicted molar refractivity (Wildman–Crippen MR) is 90.8 cm³/mol. The number of carbonyl (C=O) groups is 1. The lowest BCUT2D eigenvalue weighted by molar-refractivity contribution is -0.122. The maximum absolute atomic E-state index is 12.6. The predicted octanol–water partition coefficient (Wildman–Crippen LogP) is 2.46. The first-order chi connectivity index (χ1) is 12.5. The van der Waals surface area contributed by atoms with Crippen molar-refractivity contribution >= 4 is 28.8 Å². The summed E-state index contributed by atoms with van der Waals surface area (Å²) in [5, 5.41) is 4.14. The van der Waals surface area contributed by atoms with Crippen molar-refractivity contribution in [3.8, 4) is 0 Å². The van der Waals surface area contributed by atoms with Crippen LogP contribution in [0.3, 0.4) is 0 Å². The van der Waals surface area contributed by atoms with Gasteiger partial charge < -0.3 is 9.64 Å². The number of alkyl halides is 2. The van der Waals surface area contributed by atoms with Gasteiger partial charge in [-0.1, -0.05) is 6.92 Å². The quantitative estimate of drug-likeness (QED) is 0.883. The molecule has 1 amide bonds. The summed E-state index contributed by atoms with van der Waals surface area (Å²) >= 11 is 1.28. The van der Waals surface area contributed by atoms with E-state index in [9.17, 15) is 13.6 Å². The maximum atomic E-state index is 12.6. The van der Waals surface area contributed by atoms with Crippen LogP contribution >= 0.6 is 11.3 Å². The fourth-order valence-electron chi connectivity index (χ4n) is 2.97. The van der Waals surface area contributed by atoms with Crippen LogP contribution in [0.15, 0.2) is 29.8 Å². The zero-order valence-electron chi connectivity index (χ0n) is 13.7. The standard InChI is InChI=1S/C16H15F2N5O2S/c1-8-4-9-2-3-19-5-10(9)23(16(8)24)7-12-20-6-11(26-12)14-21-22-15(25-14)13(17)18/h2-3,5-6,8,13-14,21H,4,7H2,1H3. The van der Waals surface area contributed by atoms with Crippen LogP contribution in [0.1, 0.15) is 28.6 Å². The minimum atomic E-state index is -2.77. The molecular formula is C16H15F2N5O2S. The number of aromatic nitrogens is 2. The summed E-state index contributed by atoms with van der Waals surface area (Å²) in [6.45, 7) is 2.19. The summed E-state index contributed by atoms with van der Waals surface area (Å²) in [5.74, 6) is -0.739. The molecule has 0 fully saturated rings. The third kappa shape index (κ3) is 3.00. The Hall–Kier alpha value is -2.62. The average Bonchev–Trinajstić information content (AvgIpc) is 3.28. The van der Waals surface area contributed by atoms with Crippen molar-refractivity contribution in [1.82, 2.24) is 15.4 Å². The van der Waals surface area contributed by atoms with Crippen LogP contribution in [-0.4, -0.2) is 28.2 Å². The number of hydrogen-bond acceptors (Lipinski definition) is 7. The fourth-order valence-corrected chi connectivity index (χ4v) is 3.85. The summed E-state index contributed by atoms with van der Waals surface area (Å²) in [7, 11) is 0. The second kappa shape index (κ2) is 6.60. The summed E-state index contributed by atoms with van der Waals surface area (Å²) in [6.07, 6.45) is 2.07. The van der Waals surface area contributed by atoms with Gasteiger partial charge in [0.25, 0.3) is 5.90 Å². The largest absolute Gasteiger partial charge is 0.445 e. The Kier molecular flexibility index (Phi) is 4.27. The van der Waals surface area contributed by atoms with Crippen LogP contribution in [0.4, 0.5) is 14.5 Å². The number of nitrogens with zero attached hydrogens (tertiary/aromatic N) is 4. The molecule has 2 aliphatic rings. The van der Waals surface area contributed by atoms with Gasteiger partial charge in [-0.2, -0.15) is 8.78 Å². The van der Waals surface area contributed by atoms with Gasteiger partial charge in [0.05, 0.1) is 23.3 Å². The van der Waals surface area contributed by atoms with Crippen molar-refractivity contribution in [2.45, 2.75) is 32.5 Å². The smallest absolute Gasteiger partial charge is 0.314 e. The second-order valence-electron chi connectivity index (χ2n) is 6.07. The molecule has 0 aliphatic carbocycles. The van der Waals surface area contributed by atoms with Crippen LogP contribution in [0.5, 0.6) is 0 Å². The van der Waals surface area contributed by atoms with E-state index in [0.29, 0.717) is 22.9 Å². The van der Waals surface area contributed by atoms with Gasteiger partial charge in [-0.3, -0.25) is 15.2 Å². The highest BCUT2D eigenvalue weighted by atomic mass is 32.1. The number of amides is 1. The number of rotatable bonds is 4. The van der Waals surface area contributed by atoms with Crippen molar-refractivity contribution in [1.29, 1.82) is 0 Å². The van der Waals surface area contributed by atoms with Crippen molar-refractivity contribution < 1.29 is 18.3 Å². The van der Waals surface area contributed by atoms with Crippen molar-refractivity contribution in [3.63, 3.8) is 0 Å². The van der Waals surface area contributed by atoms with E-state index >= 15 is 0 Å². The Labute approximate surface area is 151 Å². The van der Waals surface area contributed by atoms with Crippen LogP contribution in [-0.2, 0) is 22.5 Å². The number of fused-ring (bicyclic) bond motifs is 1. The normalized spacial score (nSPS) is 22.1. The van der Waals surface area contributed by atoms with E-state index < -0.39 is 18.6 Å². The molecule has 7 nitrogen and oxygen atoms in total. The van der Waals surface area contributed by atoms with E-state index in [1.807, 2.05) is 13.0 Å². The maximum Gasteiger partial charge on any atom is 0.314 e. The number of halogens is 2. The lowest BCUT2D eigenvalue weighted by Gasteiger charge is -2.31. The Morgan fingerprint density at radius 2 is 2.31 bits per heavy atom. The highest BCUT2D eigenvalue weighted by Crippen LogP contribution is 2.32. The zero-order valence-corrected chi connectivity index (χ0v) is 14.5. The molecule has 0 saturated heterocycles. The monoisotopic (exact) mass is 379 g/mol. The topological polar surface area (TPSA) is 79.7 Å². The lowest BCUT2D eigenvalue weighted by atomic mass is 9.94. The molecular weight excluding hydrogens is 364 g/mol. The molecule has 2 aromatic rings. The first-order valence-electron chi connectivity index (χ1n) is 7.99. The van der Waals surface area contributed by atoms with Gasteiger partial charge in [-0.25, -0.2) is 4.98 Å². The molecule has 4 rings (SSSR count). The van der Waals surface area contributed by atoms with Crippen LogP contribution in [0.2, 0.25) is 0 Å². The SMILES string of the molecule is CC1Cc2ccncc2N(Cc2ncc(C3NN=C(C(F)F)O3)s2)C1=O. The molecule has 0 aromatic carbocycles.